The Kier molecular flexibility index (Phi) is 5.02. The van der Waals surface area contributed by atoms with Crippen molar-refractivity contribution in [3.05, 3.63) is 59.8 Å². The van der Waals surface area contributed by atoms with Crippen molar-refractivity contribution in [2.24, 2.45) is 5.92 Å². The van der Waals surface area contributed by atoms with Crippen LogP contribution in [0.5, 0.6) is 11.6 Å². The summed E-state index contributed by atoms with van der Waals surface area (Å²) in [5.74, 6) is 2.61. The lowest BCUT2D eigenvalue weighted by Crippen LogP contribution is -2.43. The molecule has 0 bridgehead atoms. The van der Waals surface area contributed by atoms with E-state index in [1.165, 1.54) is 6.33 Å². The molecule has 2 amide bonds. The number of ether oxygens (including phenoxy) is 1. The first kappa shape index (κ1) is 22.0. The van der Waals surface area contributed by atoms with Crippen molar-refractivity contribution < 1.29 is 14.3 Å². The molecule has 3 aromatic heterocycles. The topological polar surface area (TPSA) is 118 Å². The Labute approximate surface area is 213 Å². The number of nitrogens with one attached hydrogen (secondary N) is 2. The van der Waals surface area contributed by atoms with E-state index in [0.717, 1.165) is 53.5 Å². The molecule has 0 spiro atoms. The van der Waals surface area contributed by atoms with E-state index < -0.39 is 0 Å². The molecule has 4 heterocycles. The smallest absolute Gasteiger partial charge is 0.331 e. The monoisotopic (exact) mass is 497 g/mol. The van der Waals surface area contributed by atoms with E-state index in [0.29, 0.717) is 36.3 Å². The van der Waals surface area contributed by atoms with Crippen LogP contribution in [-0.4, -0.2) is 47.6 Å². The zero-order valence-electron chi connectivity index (χ0n) is 20.5. The minimum absolute atomic E-state index is 0.0684. The number of carbonyl (C=O) groups is 2. The van der Waals surface area contributed by atoms with Crippen LogP contribution in [0, 0.1) is 5.92 Å². The number of carbonyl (C=O) groups excluding carboxylic acids is 2. The van der Waals surface area contributed by atoms with E-state index in [4.69, 9.17) is 4.74 Å². The van der Waals surface area contributed by atoms with E-state index in [-0.39, 0.29) is 23.9 Å². The first-order valence-corrected chi connectivity index (χ1v) is 12.8. The number of amides is 2. The number of rotatable bonds is 5. The van der Waals surface area contributed by atoms with Crippen LogP contribution in [0.4, 0.5) is 10.6 Å². The van der Waals surface area contributed by atoms with Gasteiger partial charge >= 0.3 is 6.03 Å². The van der Waals surface area contributed by atoms with Crippen LogP contribution in [0.2, 0.25) is 0 Å². The average molecular weight is 498 g/mol. The summed E-state index contributed by atoms with van der Waals surface area (Å²) in [7, 11) is 0. The maximum atomic E-state index is 12.9. The summed E-state index contributed by atoms with van der Waals surface area (Å²) < 4.78 is 7.77. The van der Waals surface area contributed by atoms with Gasteiger partial charge in [-0.1, -0.05) is 0 Å². The Morgan fingerprint density at radius 1 is 1.11 bits per heavy atom. The van der Waals surface area contributed by atoms with Gasteiger partial charge < -0.3 is 9.64 Å². The van der Waals surface area contributed by atoms with E-state index >= 15 is 0 Å². The second kappa shape index (κ2) is 8.43. The molecule has 2 aliphatic carbocycles. The molecule has 3 aliphatic rings. The third-order valence-corrected chi connectivity index (χ3v) is 7.50. The molecule has 10 nitrogen and oxygen atoms in total. The van der Waals surface area contributed by atoms with Gasteiger partial charge in [0.05, 0.1) is 17.8 Å². The van der Waals surface area contributed by atoms with Gasteiger partial charge in [-0.3, -0.25) is 19.8 Å². The Morgan fingerprint density at radius 3 is 2.78 bits per heavy atom. The van der Waals surface area contributed by atoms with Gasteiger partial charge in [0.25, 0.3) is 0 Å². The quantitative estimate of drug-likeness (QED) is 0.416. The lowest BCUT2D eigenvalue weighted by atomic mass is 9.99. The maximum absolute atomic E-state index is 12.9. The fourth-order valence-corrected chi connectivity index (χ4v) is 5.09. The molecule has 2 saturated carbocycles. The number of fused-ring (bicyclic) bond motifs is 2. The third-order valence-electron chi connectivity index (χ3n) is 7.50. The first-order chi connectivity index (χ1) is 18.0. The lowest BCUT2D eigenvalue weighted by Gasteiger charge is -2.34. The molecule has 7 rings (SSSR count). The van der Waals surface area contributed by atoms with Crippen LogP contribution in [-0.2, 0) is 17.8 Å². The molecule has 0 saturated heterocycles. The van der Waals surface area contributed by atoms with Crippen molar-refractivity contribution in [3.63, 3.8) is 0 Å². The van der Waals surface area contributed by atoms with E-state index in [9.17, 15) is 9.59 Å². The van der Waals surface area contributed by atoms with Gasteiger partial charge in [-0.05, 0) is 63.3 Å². The van der Waals surface area contributed by atoms with Crippen molar-refractivity contribution in [2.75, 3.05) is 5.32 Å². The first-order valence-electron chi connectivity index (χ1n) is 12.8. The second-order valence-corrected chi connectivity index (χ2v) is 10.3. The summed E-state index contributed by atoms with van der Waals surface area (Å²) in [6.45, 7) is 2.55. The van der Waals surface area contributed by atoms with Crippen LogP contribution in [0.25, 0.3) is 10.9 Å². The molecule has 4 aromatic rings. The van der Waals surface area contributed by atoms with Crippen molar-refractivity contribution in [3.8, 4) is 11.6 Å². The predicted octanol–water partition coefficient (Wildman–Crippen LogP) is 4.59. The highest BCUT2D eigenvalue weighted by Crippen LogP contribution is 2.39. The third kappa shape index (κ3) is 4.12. The van der Waals surface area contributed by atoms with Crippen LogP contribution < -0.4 is 10.1 Å². The normalized spacial score (nSPS) is 19.1. The second-order valence-electron chi connectivity index (χ2n) is 10.3. The standard InChI is InChI=1S/C27H27N7O3/c1-15-10-20-22(13-34(15)26(35)17-4-5-17)28-14-29-25(20)37-19-6-7-23-18(11-19)8-9-33(23)27(36)30-24-12-21(31-32-24)16-2-3-16/h6-9,11-12,14-17H,2-5,10,13H2,1H3,(H2,30,31,32,36)/t15-/m0/s1. The average Bonchev–Trinajstić information content (AvgIpc) is 3.83. The molecular weight excluding hydrogens is 470 g/mol. The van der Waals surface area contributed by atoms with Crippen molar-refractivity contribution in [2.45, 2.75) is 57.5 Å². The summed E-state index contributed by atoms with van der Waals surface area (Å²) in [6.07, 6.45) is 8.19. The predicted molar refractivity (Wildman–Crippen MR) is 135 cm³/mol. The van der Waals surface area contributed by atoms with Crippen molar-refractivity contribution >= 4 is 28.7 Å². The fourth-order valence-electron chi connectivity index (χ4n) is 5.09. The highest BCUT2D eigenvalue weighted by molar-refractivity contribution is 5.98. The molecule has 1 atom stereocenters. The number of hydrogen-bond acceptors (Lipinski definition) is 6. The summed E-state index contributed by atoms with van der Waals surface area (Å²) in [6, 6.07) is 9.15. The maximum Gasteiger partial charge on any atom is 0.331 e. The molecule has 1 aliphatic heterocycles. The lowest BCUT2D eigenvalue weighted by molar-refractivity contribution is -0.135. The van der Waals surface area contributed by atoms with Gasteiger partial charge in [0.2, 0.25) is 11.8 Å². The van der Waals surface area contributed by atoms with Gasteiger partial charge in [-0.2, -0.15) is 5.10 Å². The number of nitrogens with zero attached hydrogens (tertiary/aromatic N) is 5. The molecule has 188 valence electrons. The highest BCUT2D eigenvalue weighted by Gasteiger charge is 2.38. The Hall–Kier alpha value is -4.21. The molecular formula is C27H27N7O3. The SMILES string of the molecule is C[C@H]1Cc2c(ncnc2Oc2ccc3c(ccn3C(=O)Nc3cc(C4CC4)[nH]n3)c2)CN1C(=O)C1CC1. The van der Waals surface area contributed by atoms with Gasteiger partial charge in [0.1, 0.15) is 12.1 Å². The van der Waals surface area contributed by atoms with Crippen molar-refractivity contribution in [1.82, 2.24) is 29.6 Å². The highest BCUT2D eigenvalue weighted by atomic mass is 16.5. The van der Waals surface area contributed by atoms with Gasteiger partial charge in [-0.25, -0.2) is 14.8 Å². The van der Waals surface area contributed by atoms with Crippen LogP contribution >= 0.6 is 0 Å². The molecule has 0 radical (unpaired) electrons. The van der Waals surface area contributed by atoms with Crippen LogP contribution in [0.15, 0.2) is 42.9 Å². The largest absolute Gasteiger partial charge is 0.439 e. The fraction of sp³-hybridized carbons (Fsp3) is 0.370. The number of H-pyrrole nitrogens is 1. The molecule has 10 heteroatoms. The minimum atomic E-state index is -0.276. The molecule has 0 unspecified atom stereocenters. The van der Waals surface area contributed by atoms with E-state index in [1.54, 1.807) is 10.8 Å². The van der Waals surface area contributed by atoms with Gasteiger partial charge in [0, 0.05) is 46.8 Å². The summed E-state index contributed by atoms with van der Waals surface area (Å²) >= 11 is 0. The summed E-state index contributed by atoms with van der Waals surface area (Å²) in [5.41, 5.74) is 3.61. The number of anilines is 1. The van der Waals surface area contributed by atoms with Crippen LogP contribution in [0.1, 0.15) is 55.5 Å². The van der Waals surface area contributed by atoms with Gasteiger partial charge in [0.15, 0.2) is 5.82 Å². The number of aromatic amines is 1. The Morgan fingerprint density at radius 2 is 1.97 bits per heavy atom. The van der Waals surface area contributed by atoms with Gasteiger partial charge in [-0.15, -0.1) is 0 Å². The molecule has 2 N–H and O–H groups in total. The number of benzene rings is 1. The van der Waals surface area contributed by atoms with E-state index in [2.05, 4.69) is 32.4 Å². The zero-order chi connectivity index (χ0) is 25.1. The summed E-state index contributed by atoms with van der Waals surface area (Å²) in [4.78, 5) is 36.4. The Balaban J connectivity index is 1.09. The molecule has 2 fully saturated rings. The zero-order valence-corrected chi connectivity index (χ0v) is 20.5. The minimum Gasteiger partial charge on any atom is -0.439 e. The molecule has 1 aromatic carbocycles. The van der Waals surface area contributed by atoms with E-state index in [1.807, 2.05) is 35.2 Å². The van der Waals surface area contributed by atoms with Crippen molar-refractivity contribution in [1.29, 1.82) is 0 Å². The Bertz CT molecular complexity index is 1530. The molecule has 37 heavy (non-hydrogen) atoms. The van der Waals surface area contributed by atoms with Crippen LogP contribution in [0.3, 0.4) is 0 Å². The number of aromatic nitrogens is 5. The summed E-state index contributed by atoms with van der Waals surface area (Å²) in [5, 5.41) is 10.9. The number of hydrogen-bond donors (Lipinski definition) is 2.